The Morgan fingerprint density at radius 2 is 1.77 bits per heavy atom. The summed E-state index contributed by atoms with van der Waals surface area (Å²) in [6.07, 6.45) is 1.49. The zero-order valence-electron chi connectivity index (χ0n) is 7.96. The van der Waals surface area contributed by atoms with Gasteiger partial charge in [0.25, 0.3) is 0 Å². The predicted octanol–water partition coefficient (Wildman–Crippen LogP) is 1.23. The molecule has 0 saturated carbocycles. The highest BCUT2D eigenvalue weighted by Crippen LogP contribution is 1.98. The molecule has 13 heavy (non-hydrogen) atoms. The van der Waals surface area contributed by atoms with E-state index in [1.165, 1.54) is 6.92 Å². The second kappa shape index (κ2) is 6.34. The molecule has 0 spiro atoms. The third-order valence-corrected chi connectivity index (χ3v) is 1.36. The lowest BCUT2D eigenvalue weighted by Gasteiger charge is -1.99. The van der Waals surface area contributed by atoms with Crippen LogP contribution in [0, 0.1) is 0 Å². The van der Waals surface area contributed by atoms with Crippen LogP contribution in [0.4, 0.5) is 0 Å². The lowest BCUT2D eigenvalue weighted by molar-refractivity contribution is -0.160. The molecule has 0 bridgehead atoms. The van der Waals surface area contributed by atoms with E-state index < -0.39 is 11.9 Å². The molecule has 0 rings (SSSR count). The smallest absolute Gasteiger partial charge is 0.320 e. The summed E-state index contributed by atoms with van der Waals surface area (Å²) in [4.78, 5) is 32.0. The van der Waals surface area contributed by atoms with Crippen molar-refractivity contribution in [1.29, 1.82) is 0 Å². The van der Waals surface area contributed by atoms with Crippen LogP contribution in [0.5, 0.6) is 0 Å². The molecule has 0 saturated heterocycles. The van der Waals surface area contributed by atoms with Crippen molar-refractivity contribution in [2.45, 2.75) is 39.5 Å². The fraction of sp³-hybridized carbons (Fsp3) is 0.667. The van der Waals surface area contributed by atoms with E-state index in [2.05, 4.69) is 4.74 Å². The van der Waals surface area contributed by atoms with Gasteiger partial charge >= 0.3 is 11.9 Å². The van der Waals surface area contributed by atoms with Gasteiger partial charge in [0.2, 0.25) is 0 Å². The molecule has 0 aromatic carbocycles. The lowest BCUT2D eigenvalue weighted by Crippen LogP contribution is -2.14. The Bertz CT molecular complexity index is 208. The fourth-order valence-corrected chi connectivity index (χ4v) is 0.738. The second-order valence-corrected chi connectivity index (χ2v) is 2.83. The molecule has 0 aromatic rings. The van der Waals surface area contributed by atoms with Gasteiger partial charge in [0.15, 0.2) is 0 Å². The van der Waals surface area contributed by atoms with Crippen LogP contribution >= 0.6 is 0 Å². The molecular weight excluding hydrogens is 172 g/mol. The maximum absolute atomic E-state index is 10.8. The topological polar surface area (TPSA) is 60.4 Å². The average molecular weight is 186 g/mol. The normalized spacial score (nSPS) is 9.38. The molecule has 0 N–H and O–H groups in total. The first-order valence-corrected chi connectivity index (χ1v) is 4.29. The van der Waals surface area contributed by atoms with Crippen molar-refractivity contribution >= 4 is 17.7 Å². The number of rotatable bonds is 5. The SMILES string of the molecule is CCCCC(=O)OC(=O)CC(C)=O. The number of unbranched alkanes of at least 4 members (excludes halogenated alkanes) is 1. The minimum Gasteiger partial charge on any atom is -0.393 e. The largest absolute Gasteiger partial charge is 0.393 e. The van der Waals surface area contributed by atoms with Crippen LogP contribution in [0.25, 0.3) is 0 Å². The number of ketones is 1. The van der Waals surface area contributed by atoms with Crippen LogP contribution < -0.4 is 0 Å². The molecule has 0 aromatic heterocycles. The number of ether oxygens (including phenoxy) is 1. The van der Waals surface area contributed by atoms with Crippen molar-refractivity contribution in [3.05, 3.63) is 0 Å². The standard InChI is InChI=1S/C9H14O4/c1-3-4-5-8(11)13-9(12)6-7(2)10/h3-6H2,1-2H3. The summed E-state index contributed by atoms with van der Waals surface area (Å²) in [7, 11) is 0. The van der Waals surface area contributed by atoms with Crippen molar-refractivity contribution < 1.29 is 19.1 Å². The van der Waals surface area contributed by atoms with Crippen molar-refractivity contribution in [2.75, 3.05) is 0 Å². The van der Waals surface area contributed by atoms with Crippen LogP contribution in [0.2, 0.25) is 0 Å². The molecule has 74 valence electrons. The summed E-state index contributed by atoms with van der Waals surface area (Å²) >= 11 is 0. The van der Waals surface area contributed by atoms with Gasteiger partial charge in [-0.1, -0.05) is 13.3 Å². The van der Waals surface area contributed by atoms with Crippen molar-refractivity contribution in [1.82, 2.24) is 0 Å². The zero-order valence-corrected chi connectivity index (χ0v) is 7.96. The third-order valence-electron chi connectivity index (χ3n) is 1.36. The van der Waals surface area contributed by atoms with Crippen LogP contribution in [-0.2, 0) is 19.1 Å². The number of carbonyl (C=O) groups excluding carboxylic acids is 3. The molecule has 0 radical (unpaired) electrons. The Morgan fingerprint density at radius 3 is 2.23 bits per heavy atom. The molecule has 0 aliphatic rings. The van der Waals surface area contributed by atoms with Gasteiger partial charge in [0, 0.05) is 6.42 Å². The molecule has 0 unspecified atom stereocenters. The highest BCUT2D eigenvalue weighted by Gasteiger charge is 2.11. The highest BCUT2D eigenvalue weighted by atomic mass is 16.6. The van der Waals surface area contributed by atoms with E-state index in [-0.39, 0.29) is 18.6 Å². The summed E-state index contributed by atoms with van der Waals surface area (Å²) in [5.74, 6) is -1.60. The highest BCUT2D eigenvalue weighted by molar-refractivity contribution is 5.98. The second-order valence-electron chi connectivity index (χ2n) is 2.83. The summed E-state index contributed by atoms with van der Waals surface area (Å²) in [6, 6.07) is 0. The monoisotopic (exact) mass is 186 g/mol. The van der Waals surface area contributed by atoms with Gasteiger partial charge in [0.05, 0.1) is 0 Å². The molecule has 0 aliphatic heterocycles. The minimum atomic E-state index is -0.756. The third kappa shape index (κ3) is 7.18. The molecule has 4 heteroatoms. The first-order valence-electron chi connectivity index (χ1n) is 4.29. The maximum atomic E-state index is 10.8. The molecule has 0 atom stereocenters. The van der Waals surface area contributed by atoms with Crippen molar-refractivity contribution in [2.24, 2.45) is 0 Å². The van der Waals surface area contributed by atoms with Gasteiger partial charge in [-0.05, 0) is 13.3 Å². The fourth-order valence-electron chi connectivity index (χ4n) is 0.738. The van der Waals surface area contributed by atoms with Crippen LogP contribution in [-0.4, -0.2) is 17.7 Å². The van der Waals surface area contributed by atoms with Gasteiger partial charge < -0.3 is 4.74 Å². The van der Waals surface area contributed by atoms with Gasteiger partial charge in [-0.2, -0.15) is 0 Å². The molecule has 4 nitrogen and oxygen atoms in total. The lowest BCUT2D eigenvalue weighted by atomic mass is 10.2. The first-order chi connectivity index (χ1) is 6.06. The quantitative estimate of drug-likeness (QED) is 0.478. The molecule has 0 fully saturated rings. The number of esters is 2. The number of carbonyl (C=O) groups is 3. The molecule has 0 heterocycles. The van der Waals surface area contributed by atoms with Crippen LogP contribution in [0.1, 0.15) is 39.5 Å². The van der Waals surface area contributed by atoms with E-state index in [1.807, 2.05) is 6.92 Å². The molecule has 0 amide bonds. The minimum absolute atomic E-state index is 0.236. The Balaban J connectivity index is 3.65. The van der Waals surface area contributed by atoms with Crippen molar-refractivity contribution in [3.8, 4) is 0 Å². The van der Waals surface area contributed by atoms with Gasteiger partial charge in [-0.3, -0.25) is 14.4 Å². The average Bonchev–Trinajstić information content (AvgIpc) is 1.98. The Morgan fingerprint density at radius 1 is 1.15 bits per heavy atom. The van der Waals surface area contributed by atoms with Crippen LogP contribution in [0.3, 0.4) is 0 Å². The molecular formula is C9H14O4. The number of Topliss-reactive ketones (excluding diaryl/α,β-unsaturated/α-hetero) is 1. The number of hydrogen-bond donors (Lipinski definition) is 0. The van der Waals surface area contributed by atoms with Gasteiger partial charge in [0.1, 0.15) is 12.2 Å². The van der Waals surface area contributed by atoms with E-state index in [4.69, 9.17) is 0 Å². The van der Waals surface area contributed by atoms with Gasteiger partial charge in [-0.15, -0.1) is 0 Å². The van der Waals surface area contributed by atoms with Crippen LogP contribution in [0.15, 0.2) is 0 Å². The van der Waals surface area contributed by atoms with E-state index >= 15 is 0 Å². The Kier molecular flexibility index (Phi) is 5.76. The summed E-state index contributed by atoms with van der Waals surface area (Å²) in [5.41, 5.74) is 0. The Hall–Kier alpha value is -1.19. The van der Waals surface area contributed by atoms with E-state index in [0.717, 1.165) is 6.42 Å². The van der Waals surface area contributed by atoms with Crippen molar-refractivity contribution in [3.63, 3.8) is 0 Å². The Labute approximate surface area is 77.3 Å². The summed E-state index contributed by atoms with van der Waals surface area (Å²) < 4.78 is 4.36. The molecule has 0 aliphatic carbocycles. The maximum Gasteiger partial charge on any atom is 0.320 e. The van der Waals surface area contributed by atoms with E-state index in [0.29, 0.717) is 6.42 Å². The predicted molar refractivity (Wildman–Crippen MR) is 45.9 cm³/mol. The summed E-state index contributed by atoms with van der Waals surface area (Å²) in [5, 5.41) is 0. The van der Waals surface area contributed by atoms with E-state index in [9.17, 15) is 14.4 Å². The zero-order chi connectivity index (χ0) is 10.3. The van der Waals surface area contributed by atoms with Gasteiger partial charge in [-0.25, -0.2) is 0 Å². The first kappa shape index (κ1) is 11.8. The summed E-state index contributed by atoms with van der Waals surface area (Å²) in [6.45, 7) is 3.21. The van der Waals surface area contributed by atoms with E-state index in [1.54, 1.807) is 0 Å². The number of hydrogen-bond acceptors (Lipinski definition) is 4.